The highest BCUT2D eigenvalue weighted by molar-refractivity contribution is 5.91. The molecule has 1 aromatic carbocycles. The second-order valence-electron chi connectivity index (χ2n) is 7.30. The number of halogens is 3. The largest absolute Gasteiger partial charge is 0.416 e. The van der Waals surface area contributed by atoms with Gasteiger partial charge in [-0.2, -0.15) is 18.2 Å². The molecule has 7 nitrogen and oxygen atoms in total. The molecule has 3 heterocycles. The number of hydrogen-bond donors (Lipinski definition) is 3. The number of hydrogen-bond acceptors (Lipinski definition) is 7. The Morgan fingerprint density at radius 2 is 1.90 bits per heavy atom. The van der Waals surface area contributed by atoms with Gasteiger partial charge in [0.05, 0.1) is 23.3 Å². The Bertz CT molecular complexity index is 1080. The second kappa shape index (κ2) is 7.51. The maximum absolute atomic E-state index is 13.2. The number of nitrogens with zero attached hydrogens (tertiary/aromatic N) is 4. The third kappa shape index (κ3) is 3.89. The first-order valence-corrected chi connectivity index (χ1v) is 9.59. The lowest BCUT2D eigenvalue weighted by molar-refractivity contribution is -0.137. The number of nitrogen functional groups attached to an aromatic ring is 1. The second-order valence-corrected chi connectivity index (χ2v) is 7.30. The van der Waals surface area contributed by atoms with Crippen LogP contribution in [-0.2, 0) is 6.18 Å². The smallest absolute Gasteiger partial charge is 0.399 e. The molecule has 0 unspecified atom stereocenters. The summed E-state index contributed by atoms with van der Waals surface area (Å²) in [5.41, 5.74) is 6.09. The maximum Gasteiger partial charge on any atom is 0.416 e. The third-order valence-corrected chi connectivity index (χ3v) is 5.12. The normalized spacial score (nSPS) is 15.0. The molecule has 4 rings (SSSR count). The van der Waals surface area contributed by atoms with Crippen LogP contribution in [0.3, 0.4) is 0 Å². The molecule has 0 saturated carbocycles. The van der Waals surface area contributed by atoms with Crippen LogP contribution in [0.15, 0.2) is 30.5 Å². The summed E-state index contributed by atoms with van der Waals surface area (Å²) in [4.78, 5) is 15.6. The van der Waals surface area contributed by atoms with Gasteiger partial charge in [0, 0.05) is 31.2 Å². The van der Waals surface area contributed by atoms with E-state index in [4.69, 9.17) is 5.73 Å². The van der Waals surface area contributed by atoms with Crippen LogP contribution in [0.25, 0.3) is 10.9 Å². The third-order valence-electron chi connectivity index (χ3n) is 5.12. The molecule has 0 aliphatic carbocycles. The fraction of sp³-hybridized carbons (Fsp3) is 0.350. The minimum atomic E-state index is -4.47. The van der Waals surface area contributed by atoms with Crippen LogP contribution in [0.4, 0.5) is 36.4 Å². The van der Waals surface area contributed by atoms with Gasteiger partial charge in [0.1, 0.15) is 11.6 Å². The Morgan fingerprint density at radius 1 is 1.13 bits per heavy atom. The van der Waals surface area contributed by atoms with E-state index < -0.39 is 17.8 Å². The molecule has 1 aliphatic heterocycles. The van der Waals surface area contributed by atoms with Gasteiger partial charge in [-0.3, -0.25) is 0 Å². The van der Waals surface area contributed by atoms with E-state index in [0.29, 0.717) is 28.7 Å². The van der Waals surface area contributed by atoms with Crippen LogP contribution in [-0.4, -0.2) is 35.1 Å². The first-order chi connectivity index (χ1) is 14.2. The molecule has 3 aromatic rings. The van der Waals surface area contributed by atoms with Gasteiger partial charge in [-0.1, -0.05) is 0 Å². The minimum absolute atomic E-state index is 0.0592. The quantitative estimate of drug-likeness (QED) is 0.540. The fourth-order valence-corrected chi connectivity index (χ4v) is 3.30. The predicted octanol–water partition coefficient (Wildman–Crippen LogP) is 4.05. The monoisotopic (exact) mass is 417 g/mol. The molecule has 10 heteroatoms. The number of anilines is 4. The van der Waals surface area contributed by atoms with E-state index in [9.17, 15) is 13.2 Å². The van der Waals surface area contributed by atoms with E-state index in [2.05, 4.69) is 25.6 Å². The van der Waals surface area contributed by atoms with Gasteiger partial charge in [-0.05, 0) is 43.2 Å². The number of nitrogens with one attached hydrogen (secondary N) is 2. The van der Waals surface area contributed by atoms with Gasteiger partial charge in [0.25, 0.3) is 0 Å². The summed E-state index contributed by atoms with van der Waals surface area (Å²) in [6.45, 7) is 3.51. The fourth-order valence-electron chi connectivity index (χ4n) is 3.30. The Labute approximate surface area is 171 Å². The Kier molecular flexibility index (Phi) is 5.00. The van der Waals surface area contributed by atoms with E-state index in [-0.39, 0.29) is 5.69 Å². The van der Waals surface area contributed by atoms with E-state index in [1.54, 1.807) is 20.2 Å². The molecule has 158 valence electrons. The summed E-state index contributed by atoms with van der Waals surface area (Å²) in [6, 6.07) is 4.92. The van der Waals surface area contributed by atoms with Crippen molar-refractivity contribution in [1.82, 2.24) is 15.0 Å². The number of rotatable bonds is 5. The molecule has 1 aliphatic rings. The number of benzene rings is 1. The zero-order valence-corrected chi connectivity index (χ0v) is 16.6. The number of pyridine rings is 1. The van der Waals surface area contributed by atoms with Crippen molar-refractivity contribution in [2.24, 2.45) is 0 Å². The summed E-state index contributed by atoms with van der Waals surface area (Å²) >= 11 is 0. The van der Waals surface area contributed by atoms with Crippen molar-refractivity contribution < 1.29 is 13.2 Å². The lowest BCUT2D eigenvalue weighted by atomic mass is 10.0. The molecule has 2 aromatic heterocycles. The molecular weight excluding hydrogens is 395 g/mol. The first-order valence-electron chi connectivity index (χ1n) is 9.59. The van der Waals surface area contributed by atoms with E-state index >= 15 is 0 Å². The van der Waals surface area contributed by atoms with Crippen LogP contribution in [0.2, 0.25) is 0 Å². The van der Waals surface area contributed by atoms with Crippen LogP contribution in [0.1, 0.15) is 30.5 Å². The first kappa shape index (κ1) is 20.0. The molecule has 1 saturated heterocycles. The SMILES string of the molecule is CNc1cc2c(N[C@H](C)c3cc(N)cc(C(F)(F)F)c3)nc(N3CCC3)nc2cn1. The van der Waals surface area contributed by atoms with Crippen molar-refractivity contribution in [3.05, 3.63) is 41.6 Å². The van der Waals surface area contributed by atoms with Crippen molar-refractivity contribution in [3.63, 3.8) is 0 Å². The molecule has 0 amide bonds. The van der Waals surface area contributed by atoms with Gasteiger partial charge in [-0.15, -0.1) is 0 Å². The molecule has 0 radical (unpaired) electrons. The highest BCUT2D eigenvalue weighted by Gasteiger charge is 2.31. The molecular formula is C20H22F3N7. The number of nitrogens with two attached hydrogens (primary N) is 1. The summed E-state index contributed by atoms with van der Waals surface area (Å²) in [5.74, 6) is 1.75. The zero-order valence-electron chi connectivity index (χ0n) is 16.6. The number of fused-ring (bicyclic) bond motifs is 1. The van der Waals surface area contributed by atoms with Gasteiger partial charge >= 0.3 is 6.18 Å². The molecule has 0 bridgehead atoms. The van der Waals surface area contributed by atoms with Crippen LogP contribution in [0, 0.1) is 0 Å². The molecule has 0 spiro atoms. The molecule has 4 N–H and O–H groups in total. The van der Waals surface area contributed by atoms with Crippen molar-refractivity contribution in [3.8, 4) is 0 Å². The summed E-state index contributed by atoms with van der Waals surface area (Å²) in [5, 5.41) is 6.95. The van der Waals surface area contributed by atoms with Gasteiger partial charge in [-0.25, -0.2) is 9.97 Å². The van der Waals surface area contributed by atoms with Gasteiger partial charge < -0.3 is 21.3 Å². The Morgan fingerprint density at radius 3 is 2.53 bits per heavy atom. The lowest BCUT2D eigenvalue weighted by Gasteiger charge is -2.31. The Balaban J connectivity index is 1.74. The van der Waals surface area contributed by atoms with E-state index in [1.807, 2.05) is 11.0 Å². The van der Waals surface area contributed by atoms with Crippen LogP contribution < -0.4 is 21.3 Å². The lowest BCUT2D eigenvalue weighted by Crippen LogP contribution is -2.38. The van der Waals surface area contributed by atoms with Gasteiger partial charge in [0.2, 0.25) is 5.95 Å². The predicted molar refractivity (Wildman–Crippen MR) is 112 cm³/mol. The average Bonchev–Trinajstić information content (AvgIpc) is 2.65. The van der Waals surface area contributed by atoms with E-state index in [1.165, 1.54) is 6.07 Å². The number of alkyl halides is 3. The summed E-state index contributed by atoms with van der Waals surface area (Å²) in [7, 11) is 1.75. The Hall–Kier alpha value is -3.30. The van der Waals surface area contributed by atoms with Crippen LogP contribution >= 0.6 is 0 Å². The van der Waals surface area contributed by atoms with Crippen molar-refractivity contribution >= 4 is 34.2 Å². The topological polar surface area (TPSA) is 92.0 Å². The highest BCUT2D eigenvalue weighted by Crippen LogP contribution is 2.34. The molecule has 30 heavy (non-hydrogen) atoms. The average molecular weight is 417 g/mol. The van der Waals surface area contributed by atoms with Crippen LogP contribution in [0.5, 0.6) is 0 Å². The van der Waals surface area contributed by atoms with Gasteiger partial charge in [0.15, 0.2) is 0 Å². The number of aromatic nitrogens is 3. The minimum Gasteiger partial charge on any atom is -0.399 e. The van der Waals surface area contributed by atoms with Crippen molar-refractivity contribution in [2.75, 3.05) is 41.4 Å². The molecule has 1 fully saturated rings. The van der Waals surface area contributed by atoms with Crippen molar-refractivity contribution in [1.29, 1.82) is 0 Å². The van der Waals surface area contributed by atoms with E-state index in [0.717, 1.165) is 37.0 Å². The summed E-state index contributed by atoms with van der Waals surface area (Å²) < 4.78 is 39.6. The highest BCUT2D eigenvalue weighted by atomic mass is 19.4. The van der Waals surface area contributed by atoms with Crippen molar-refractivity contribution in [2.45, 2.75) is 25.6 Å². The summed E-state index contributed by atoms with van der Waals surface area (Å²) in [6.07, 6.45) is -1.74. The standard InChI is InChI=1S/C20H22F3N7/c1-11(12-6-13(20(21,22)23)8-14(24)7-12)27-18-15-9-17(25-2)26-10-16(15)28-19(29-18)30-4-3-5-30/h6-11H,3-5,24H2,1-2H3,(H,25,26)(H,27,28,29)/t11-/m1/s1. The maximum atomic E-state index is 13.2. The zero-order chi connectivity index (χ0) is 21.5. The molecule has 1 atom stereocenters.